The fourth-order valence-electron chi connectivity index (χ4n) is 4.18. The molecule has 1 fully saturated rings. The van der Waals surface area contributed by atoms with Crippen molar-refractivity contribution in [2.45, 2.75) is 40.2 Å². The van der Waals surface area contributed by atoms with Gasteiger partial charge < -0.3 is 4.74 Å². The Morgan fingerprint density at radius 2 is 1.82 bits per heavy atom. The zero-order valence-corrected chi connectivity index (χ0v) is 18.2. The third kappa shape index (κ3) is 2.56. The third-order valence-electron chi connectivity index (χ3n) is 5.27. The Kier molecular flexibility index (Phi) is 4.43. The number of amides is 2. The van der Waals surface area contributed by atoms with Gasteiger partial charge in [0.2, 0.25) is 0 Å². The van der Waals surface area contributed by atoms with Gasteiger partial charge in [0.05, 0.1) is 28.3 Å². The molecule has 0 radical (unpaired) electrons. The van der Waals surface area contributed by atoms with Crippen molar-refractivity contribution in [2.75, 3.05) is 18.1 Å². The van der Waals surface area contributed by atoms with Gasteiger partial charge in [-0.3, -0.25) is 19.4 Å². The van der Waals surface area contributed by atoms with E-state index in [1.54, 1.807) is 9.80 Å². The third-order valence-corrected chi connectivity index (χ3v) is 6.72. The second-order valence-corrected chi connectivity index (χ2v) is 9.19. The van der Waals surface area contributed by atoms with Gasteiger partial charge in [0.1, 0.15) is 10.1 Å². The molecule has 1 aromatic rings. The Labute approximate surface area is 174 Å². The van der Waals surface area contributed by atoms with E-state index in [-0.39, 0.29) is 11.8 Å². The standard InChI is InChI=1S/C21H22N2O3S2/c1-6-22-19(25)17(28-20(22)27)15-14-9-12(26-7-2)8-13-11(3)10-21(4,5)23(16(13)14)18(15)24/h8-10H,6-7H2,1-5H3/b17-15-. The van der Waals surface area contributed by atoms with Crippen molar-refractivity contribution in [1.29, 1.82) is 0 Å². The Morgan fingerprint density at radius 1 is 1.14 bits per heavy atom. The summed E-state index contributed by atoms with van der Waals surface area (Å²) in [6, 6.07) is 3.85. The van der Waals surface area contributed by atoms with E-state index in [4.69, 9.17) is 17.0 Å². The van der Waals surface area contributed by atoms with Crippen LogP contribution in [0.2, 0.25) is 0 Å². The molecular weight excluding hydrogens is 392 g/mol. The van der Waals surface area contributed by atoms with Crippen molar-refractivity contribution in [3.8, 4) is 5.75 Å². The number of allylic oxidation sites excluding steroid dienone is 1. The number of thiocarbonyl (C=S) groups is 1. The maximum Gasteiger partial charge on any atom is 0.266 e. The van der Waals surface area contributed by atoms with Crippen molar-refractivity contribution in [3.63, 3.8) is 0 Å². The first-order valence-electron chi connectivity index (χ1n) is 9.34. The van der Waals surface area contributed by atoms with Crippen molar-refractivity contribution in [3.05, 3.63) is 34.2 Å². The molecule has 4 rings (SSSR count). The molecule has 3 heterocycles. The number of thioether (sulfide) groups is 1. The lowest BCUT2D eigenvalue weighted by atomic mass is 9.89. The summed E-state index contributed by atoms with van der Waals surface area (Å²) in [7, 11) is 0. The van der Waals surface area contributed by atoms with E-state index in [1.807, 2.05) is 46.8 Å². The molecule has 1 aromatic carbocycles. The summed E-state index contributed by atoms with van der Waals surface area (Å²) in [6.45, 7) is 10.9. The van der Waals surface area contributed by atoms with Crippen LogP contribution in [0.3, 0.4) is 0 Å². The molecule has 28 heavy (non-hydrogen) atoms. The van der Waals surface area contributed by atoms with Crippen LogP contribution in [-0.2, 0) is 9.59 Å². The van der Waals surface area contributed by atoms with Crippen LogP contribution >= 0.6 is 24.0 Å². The van der Waals surface area contributed by atoms with Gasteiger partial charge in [-0.25, -0.2) is 0 Å². The summed E-state index contributed by atoms with van der Waals surface area (Å²) >= 11 is 6.58. The van der Waals surface area contributed by atoms with E-state index in [0.717, 1.165) is 22.4 Å². The minimum absolute atomic E-state index is 0.157. The number of likely N-dealkylation sites (N-methyl/N-ethyl adjacent to an activating group) is 1. The van der Waals surface area contributed by atoms with Gasteiger partial charge in [-0.1, -0.05) is 30.1 Å². The lowest BCUT2D eigenvalue weighted by molar-refractivity contribution is -0.122. The monoisotopic (exact) mass is 414 g/mol. The van der Waals surface area contributed by atoms with Gasteiger partial charge >= 0.3 is 0 Å². The van der Waals surface area contributed by atoms with Crippen LogP contribution in [0, 0.1) is 0 Å². The highest BCUT2D eigenvalue weighted by Crippen LogP contribution is 2.53. The van der Waals surface area contributed by atoms with Crippen molar-refractivity contribution in [2.24, 2.45) is 0 Å². The Bertz CT molecular complexity index is 1010. The molecule has 0 unspecified atom stereocenters. The predicted octanol–water partition coefficient (Wildman–Crippen LogP) is 4.22. The fourth-order valence-corrected chi connectivity index (χ4v) is 5.64. The van der Waals surface area contributed by atoms with E-state index < -0.39 is 5.54 Å². The summed E-state index contributed by atoms with van der Waals surface area (Å²) in [5.74, 6) is 0.343. The lowest BCUT2D eigenvalue weighted by Gasteiger charge is -2.38. The molecule has 0 bridgehead atoms. The summed E-state index contributed by atoms with van der Waals surface area (Å²) < 4.78 is 6.26. The SMILES string of the molecule is CCOc1cc2c3c(c1)/C(=C1/SC(=S)N(CC)C1=O)C(=O)N3C(C)(C)C=C2C. The largest absolute Gasteiger partial charge is 0.494 e. The molecule has 0 aliphatic carbocycles. The molecule has 5 nitrogen and oxygen atoms in total. The van der Waals surface area contributed by atoms with E-state index in [9.17, 15) is 9.59 Å². The Morgan fingerprint density at radius 3 is 2.43 bits per heavy atom. The van der Waals surface area contributed by atoms with Crippen LogP contribution in [0.1, 0.15) is 45.7 Å². The summed E-state index contributed by atoms with van der Waals surface area (Å²) in [4.78, 5) is 30.3. The lowest BCUT2D eigenvalue weighted by Crippen LogP contribution is -2.46. The van der Waals surface area contributed by atoms with Crippen molar-refractivity contribution < 1.29 is 14.3 Å². The molecule has 146 valence electrons. The molecule has 0 aromatic heterocycles. The van der Waals surface area contributed by atoms with Gasteiger partial charge in [0.25, 0.3) is 11.8 Å². The summed E-state index contributed by atoms with van der Waals surface area (Å²) in [6.07, 6.45) is 2.09. The minimum atomic E-state index is -0.490. The number of carbonyl (C=O) groups excluding carboxylic acids is 2. The number of hydrogen-bond acceptors (Lipinski definition) is 5. The zero-order chi connectivity index (χ0) is 20.4. The predicted molar refractivity (Wildman–Crippen MR) is 117 cm³/mol. The number of ether oxygens (including phenoxy) is 1. The van der Waals surface area contributed by atoms with Gasteiger partial charge in [-0.15, -0.1) is 0 Å². The highest BCUT2D eigenvalue weighted by Gasteiger charge is 2.48. The van der Waals surface area contributed by atoms with Gasteiger partial charge in [0, 0.05) is 17.7 Å². The Hall–Kier alpha value is -2.12. The molecule has 3 aliphatic heterocycles. The highest BCUT2D eigenvalue weighted by molar-refractivity contribution is 8.26. The topological polar surface area (TPSA) is 49.9 Å². The molecule has 3 aliphatic rings. The minimum Gasteiger partial charge on any atom is -0.494 e. The average molecular weight is 415 g/mol. The molecule has 0 saturated carbocycles. The Balaban J connectivity index is 2.02. The number of rotatable bonds is 3. The summed E-state index contributed by atoms with van der Waals surface area (Å²) in [5, 5.41) is 0. The molecule has 0 atom stereocenters. The second-order valence-electron chi connectivity index (χ2n) is 7.54. The second kappa shape index (κ2) is 6.46. The quantitative estimate of drug-likeness (QED) is 0.548. The number of benzene rings is 1. The van der Waals surface area contributed by atoms with Crippen LogP contribution in [0.5, 0.6) is 5.75 Å². The van der Waals surface area contributed by atoms with Crippen LogP contribution in [0.15, 0.2) is 23.1 Å². The van der Waals surface area contributed by atoms with Crippen LogP contribution < -0.4 is 9.64 Å². The number of nitrogens with zero attached hydrogens (tertiary/aromatic N) is 2. The molecule has 0 N–H and O–H groups in total. The molecule has 0 spiro atoms. The van der Waals surface area contributed by atoms with Gasteiger partial charge in [-0.05, 0) is 52.3 Å². The molecule has 2 amide bonds. The zero-order valence-electron chi connectivity index (χ0n) is 16.6. The van der Waals surface area contributed by atoms with E-state index in [1.165, 1.54) is 11.8 Å². The van der Waals surface area contributed by atoms with Gasteiger partial charge in [0.15, 0.2) is 0 Å². The van der Waals surface area contributed by atoms with Crippen LogP contribution in [0.4, 0.5) is 5.69 Å². The maximum absolute atomic E-state index is 13.6. The first-order chi connectivity index (χ1) is 13.2. The smallest absolute Gasteiger partial charge is 0.266 e. The average Bonchev–Trinajstić information content (AvgIpc) is 3.06. The number of hydrogen-bond donors (Lipinski definition) is 0. The first-order valence-corrected chi connectivity index (χ1v) is 10.6. The van der Waals surface area contributed by atoms with Crippen molar-refractivity contribution in [1.82, 2.24) is 4.90 Å². The number of anilines is 1. The van der Waals surface area contributed by atoms with E-state index >= 15 is 0 Å². The molecular formula is C21H22N2O3S2. The first kappa shape index (κ1) is 19.2. The van der Waals surface area contributed by atoms with Crippen LogP contribution in [-0.4, -0.2) is 39.7 Å². The van der Waals surface area contributed by atoms with E-state index in [0.29, 0.717) is 33.7 Å². The summed E-state index contributed by atoms with van der Waals surface area (Å²) in [5.41, 5.74) is 3.61. The fraction of sp³-hybridized carbons (Fsp3) is 0.381. The normalized spacial score (nSPS) is 22.8. The molecule has 1 saturated heterocycles. The van der Waals surface area contributed by atoms with E-state index in [2.05, 4.69) is 6.08 Å². The highest BCUT2D eigenvalue weighted by atomic mass is 32.2. The van der Waals surface area contributed by atoms with Crippen molar-refractivity contribution >= 4 is 56.9 Å². The van der Waals surface area contributed by atoms with Crippen LogP contribution in [0.25, 0.3) is 11.1 Å². The maximum atomic E-state index is 13.6. The molecule has 7 heteroatoms. The number of carbonyl (C=O) groups is 2. The van der Waals surface area contributed by atoms with Gasteiger partial charge in [-0.2, -0.15) is 0 Å².